The molecule has 6 heteroatoms. The molecule has 110 valence electrons. The second kappa shape index (κ2) is 6.22. The van der Waals surface area contributed by atoms with E-state index < -0.39 is 15.1 Å². The molecule has 1 atom stereocenters. The Morgan fingerprint density at radius 1 is 1.16 bits per heavy atom. The summed E-state index contributed by atoms with van der Waals surface area (Å²) >= 11 is 0. The first-order chi connectivity index (χ1) is 9.06. The minimum Gasteiger partial charge on any atom is -0.339 e. The Balaban J connectivity index is 2.08. The van der Waals surface area contributed by atoms with Gasteiger partial charge in [0, 0.05) is 12.6 Å². The number of nitrogens with zero attached hydrogens (tertiary/aromatic N) is 1. The highest BCUT2D eigenvalue weighted by Gasteiger charge is 2.40. The van der Waals surface area contributed by atoms with Crippen LogP contribution in [0.2, 0.25) is 0 Å². The van der Waals surface area contributed by atoms with Crippen LogP contribution in [0.25, 0.3) is 0 Å². The van der Waals surface area contributed by atoms with E-state index in [1.807, 2.05) is 0 Å². The van der Waals surface area contributed by atoms with Crippen LogP contribution in [-0.4, -0.2) is 49.4 Å². The fourth-order valence-electron chi connectivity index (χ4n) is 2.85. The van der Waals surface area contributed by atoms with Crippen LogP contribution in [-0.2, 0) is 14.6 Å². The summed E-state index contributed by atoms with van der Waals surface area (Å²) in [7, 11) is -3.23. The number of rotatable bonds is 5. The third kappa shape index (κ3) is 3.28. The highest BCUT2D eigenvalue weighted by atomic mass is 32.2. The molecule has 1 aliphatic heterocycles. The lowest BCUT2D eigenvalue weighted by Gasteiger charge is -2.39. The largest absolute Gasteiger partial charge is 0.339 e. The number of carbonyl (C=O) groups is 1. The highest BCUT2D eigenvalue weighted by Crippen LogP contribution is 2.28. The normalized spacial score (nSPS) is 26.7. The van der Waals surface area contributed by atoms with Crippen molar-refractivity contribution in [2.24, 2.45) is 5.73 Å². The lowest BCUT2D eigenvalue weighted by Crippen LogP contribution is -2.52. The van der Waals surface area contributed by atoms with E-state index in [1.54, 1.807) is 4.90 Å². The maximum Gasteiger partial charge on any atom is 0.241 e. The molecule has 0 spiro atoms. The molecule has 1 saturated carbocycles. The highest BCUT2D eigenvalue weighted by molar-refractivity contribution is 7.92. The Morgan fingerprint density at radius 2 is 1.89 bits per heavy atom. The molecule has 0 aromatic rings. The molecule has 2 aliphatic rings. The van der Waals surface area contributed by atoms with Crippen LogP contribution in [0.4, 0.5) is 0 Å². The smallest absolute Gasteiger partial charge is 0.241 e. The van der Waals surface area contributed by atoms with E-state index in [-0.39, 0.29) is 17.7 Å². The van der Waals surface area contributed by atoms with Gasteiger partial charge in [-0.15, -0.1) is 0 Å². The van der Waals surface area contributed by atoms with Crippen LogP contribution in [0.5, 0.6) is 0 Å². The van der Waals surface area contributed by atoms with Crippen molar-refractivity contribution in [1.29, 1.82) is 0 Å². The van der Waals surface area contributed by atoms with Gasteiger partial charge in [0.15, 0.2) is 9.84 Å². The molecule has 0 aromatic heterocycles. The molecule has 1 amide bonds. The first-order valence-corrected chi connectivity index (χ1v) is 9.00. The van der Waals surface area contributed by atoms with E-state index in [0.717, 1.165) is 32.1 Å². The van der Waals surface area contributed by atoms with Gasteiger partial charge in [0.1, 0.15) is 5.25 Å². The molecule has 1 unspecified atom stereocenters. The van der Waals surface area contributed by atoms with Gasteiger partial charge in [-0.3, -0.25) is 4.79 Å². The van der Waals surface area contributed by atoms with Crippen molar-refractivity contribution in [3.05, 3.63) is 0 Å². The van der Waals surface area contributed by atoms with Gasteiger partial charge in [0.2, 0.25) is 5.91 Å². The third-order valence-corrected chi connectivity index (χ3v) is 6.42. The lowest BCUT2D eigenvalue weighted by atomic mass is 9.91. The Labute approximate surface area is 115 Å². The Kier molecular flexibility index (Phi) is 4.84. The summed E-state index contributed by atoms with van der Waals surface area (Å²) in [4.78, 5) is 14.4. The monoisotopic (exact) mass is 288 g/mol. The molecule has 1 saturated heterocycles. The van der Waals surface area contributed by atoms with Crippen molar-refractivity contribution in [1.82, 2.24) is 4.90 Å². The van der Waals surface area contributed by atoms with Crippen LogP contribution in [0.3, 0.4) is 0 Å². The summed E-state index contributed by atoms with van der Waals surface area (Å²) in [6, 6.07) is 0.246. The van der Waals surface area contributed by atoms with Crippen molar-refractivity contribution >= 4 is 15.7 Å². The molecular weight excluding hydrogens is 264 g/mol. The third-order valence-electron chi connectivity index (χ3n) is 4.26. The number of hydrogen-bond donors (Lipinski definition) is 1. The zero-order valence-corrected chi connectivity index (χ0v) is 12.2. The quantitative estimate of drug-likeness (QED) is 0.807. The fraction of sp³-hybridized carbons (Fsp3) is 0.923. The number of carbonyl (C=O) groups excluding carboxylic acids is 1. The molecule has 5 nitrogen and oxygen atoms in total. The van der Waals surface area contributed by atoms with E-state index >= 15 is 0 Å². The van der Waals surface area contributed by atoms with Crippen LogP contribution >= 0.6 is 0 Å². The standard InChI is InChI=1S/C13H24N2O3S/c14-8-4-9-15(11-5-3-6-11)13(16)12-7-1-2-10-19(12,17)18/h11-12H,1-10,14H2. The molecular formula is C13H24N2O3S. The fourth-order valence-corrected chi connectivity index (χ4v) is 4.71. The predicted octanol–water partition coefficient (Wildman–Crippen LogP) is 0.684. The summed E-state index contributed by atoms with van der Waals surface area (Å²) in [6.07, 6.45) is 5.91. The van der Waals surface area contributed by atoms with E-state index in [0.29, 0.717) is 25.9 Å². The zero-order chi connectivity index (χ0) is 13.9. The molecule has 0 aromatic carbocycles. The SMILES string of the molecule is NCCCN(C(=O)C1CCCCS1(=O)=O)C1CCC1. The lowest BCUT2D eigenvalue weighted by molar-refractivity contribution is -0.135. The van der Waals surface area contributed by atoms with E-state index in [4.69, 9.17) is 5.73 Å². The summed E-state index contributed by atoms with van der Waals surface area (Å²) in [6.45, 7) is 1.14. The molecule has 19 heavy (non-hydrogen) atoms. The Hall–Kier alpha value is -0.620. The van der Waals surface area contributed by atoms with Gasteiger partial charge in [-0.25, -0.2) is 8.42 Å². The zero-order valence-electron chi connectivity index (χ0n) is 11.4. The first kappa shape index (κ1) is 14.8. The van der Waals surface area contributed by atoms with Crippen molar-refractivity contribution in [2.75, 3.05) is 18.8 Å². The average Bonchev–Trinajstić information content (AvgIpc) is 2.30. The molecule has 1 heterocycles. The van der Waals surface area contributed by atoms with Gasteiger partial charge >= 0.3 is 0 Å². The number of nitrogens with two attached hydrogens (primary N) is 1. The minimum absolute atomic E-state index is 0.165. The molecule has 0 bridgehead atoms. The number of sulfone groups is 1. The van der Waals surface area contributed by atoms with E-state index in [2.05, 4.69) is 0 Å². The van der Waals surface area contributed by atoms with Gasteiger partial charge in [0.05, 0.1) is 5.75 Å². The van der Waals surface area contributed by atoms with Gasteiger partial charge in [-0.05, 0) is 45.1 Å². The van der Waals surface area contributed by atoms with Crippen molar-refractivity contribution in [2.45, 2.75) is 56.2 Å². The topological polar surface area (TPSA) is 80.5 Å². The molecule has 2 N–H and O–H groups in total. The van der Waals surface area contributed by atoms with Crippen LogP contribution in [0, 0.1) is 0 Å². The molecule has 1 aliphatic carbocycles. The number of amides is 1. The molecule has 2 fully saturated rings. The van der Waals surface area contributed by atoms with Gasteiger partial charge in [0.25, 0.3) is 0 Å². The van der Waals surface area contributed by atoms with Crippen molar-refractivity contribution < 1.29 is 13.2 Å². The summed E-state index contributed by atoms with van der Waals surface area (Å²) in [5.41, 5.74) is 5.51. The van der Waals surface area contributed by atoms with E-state index in [1.165, 1.54) is 0 Å². The van der Waals surface area contributed by atoms with Gasteiger partial charge in [-0.2, -0.15) is 0 Å². The minimum atomic E-state index is -3.23. The van der Waals surface area contributed by atoms with Crippen LogP contribution in [0.1, 0.15) is 44.9 Å². The maximum atomic E-state index is 12.6. The Bertz CT molecular complexity index is 418. The predicted molar refractivity (Wildman–Crippen MR) is 74.4 cm³/mol. The van der Waals surface area contributed by atoms with Gasteiger partial charge in [-0.1, -0.05) is 6.42 Å². The van der Waals surface area contributed by atoms with Crippen molar-refractivity contribution in [3.63, 3.8) is 0 Å². The van der Waals surface area contributed by atoms with Crippen LogP contribution < -0.4 is 5.73 Å². The second-order valence-corrected chi connectivity index (χ2v) is 7.91. The first-order valence-electron chi connectivity index (χ1n) is 7.28. The summed E-state index contributed by atoms with van der Waals surface area (Å²) < 4.78 is 24.1. The van der Waals surface area contributed by atoms with E-state index in [9.17, 15) is 13.2 Å². The summed E-state index contributed by atoms with van der Waals surface area (Å²) in [5, 5.41) is -0.792. The second-order valence-electron chi connectivity index (χ2n) is 5.61. The van der Waals surface area contributed by atoms with Crippen LogP contribution in [0.15, 0.2) is 0 Å². The summed E-state index contributed by atoms with van der Waals surface area (Å²) in [5.74, 6) is -0.00318. The van der Waals surface area contributed by atoms with Gasteiger partial charge < -0.3 is 10.6 Å². The van der Waals surface area contributed by atoms with Crippen molar-refractivity contribution in [3.8, 4) is 0 Å². The number of hydrogen-bond acceptors (Lipinski definition) is 4. The average molecular weight is 288 g/mol. The molecule has 2 rings (SSSR count). The Morgan fingerprint density at radius 3 is 2.42 bits per heavy atom. The maximum absolute atomic E-state index is 12.6. The molecule has 0 radical (unpaired) electrons.